The zero-order valence-corrected chi connectivity index (χ0v) is 34.2. The van der Waals surface area contributed by atoms with E-state index in [1.54, 1.807) is 95.5 Å². The van der Waals surface area contributed by atoms with Crippen LogP contribution in [0.5, 0.6) is 5.75 Å². The largest absolute Gasteiger partial charge is 0.569 e. The Morgan fingerprint density at radius 2 is 1.31 bits per heavy atom. The highest BCUT2D eigenvalue weighted by atomic mass is 35.5. The molecule has 10 rings (SSSR count). The third kappa shape index (κ3) is 9.03. The fraction of sp³-hybridized carbons (Fsp3) is 0.238. The maximum absolute atomic E-state index is 15.0. The number of nitrogens with one attached hydrogen (secondary N) is 2. The number of urea groups is 2. The van der Waals surface area contributed by atoms with Crippen molar-refractivity contribution >= 4 is 65.7 Å². The summed E-state index contributed by atoms with van der Waals surface area (Å²) >= 11 is 5.82. The second-order valence-electron chi connectivity index (χ2n) is 14.7. The minimum Gasteiger partial charge on any atom is -0.537 e. The summed E-state index contributed by atoms with van der Waals surface area (Å²) < 4.78 is 33.4. The smallest absolute Gasteiger partial charge is 0.537 e. The van der Waals surface area contributed by atoms with E-state index >= 15 is 0 Å². The van der Waals surface area contributed by atoms with Crippen LogP contribution in [0.3, 0.4) is 0 Å². The van der Waals surface area contributed by atoms with E-state index in [0.717, 1.165) is 37.3 Å². The number of amides is 4. The third-order valence-corrected chi connectivity index (χ3v) is 10.8. The predicted molar refractivity (Wildman–Crippen MR) is 232 cm³/mol. The van der Waals surface area contributed by atoms with Crippen molar-refractivity contribution in [1.82, 2.24) is 29.9 Å². The molecule has 16 nitrogen and oxygen atoms in total. The van der Waals surface area contributed by atoms with Crippen molar-refractivity contribution in [2.24, 2.45) is 0 Å². The predicted octanol–water partition coefficient (Wildman–Crippen LogP) is 6.81. The summed E-state index contributed by atoms with van der Waals surface area (Å²) in [4.78, 5) is 58.0. The minimum atomic E-state index is -0.580. The molecule has 20 heteroatoms. The molecule has 2 atom stereocenters. The average Bonchev–Trinajstić information content (AvgIpc) is 3.89. The number of carbonyl (C=O) groups is 2. The van der Waals surface area contributed by atoms with Crippen LogP contribution in [0.1, 0.15) is 24.2 Å². The monoisotopic (exact) mass is 859 g/mol. The van der Waals surface area contributed by atoms with Gasteiger partial charge in [0.2, 0.25) is 0 Å². The maximum atomic E-state index is 15.0. The minimum absolute atomic E-state index is 0.00630. The van der Waals surface area contributed by atoms with E-state index < -0.39 is 11.6 Å². The fourth-order valence-electron chi connectivity index (χ4n) is 7.74. The van der Waals surface area contributed by atoms with Gasteiger partial charge in [0.1, 0.15) is 11.4 Å². The molecule has 315 valence electrons. The van der Waals surface area contributed by atoms with Gasteiger partial charge in [0, 0.05) is 80.1 Å². The van der Waals surface area contributed by atoms with E-state index in [1.165, 1.54) is 12.1 Å². The van der Waals surface area contributed by atoms with Gasteiger partial charge in [-0.3, -0.25) is 29.7 Å². The Balaban J connectivity index is 0.000000143. The van der Waals surface area contributed by atoms with Gasteiger partial charge in [-0.15, -0.1) is 0 Å². The number of hydrogen-bond acceptors (Lipinski definition) is 12. The second kappa shape index (κ2) is 18.3. The zero-order chi connectivity index (χ0) is 43.3. The molecule has 62 heavy (non-hydrogen) atoms. The van der Waals surface area contributed by atoms with Crippen molar-refractivity contribution in [3.63, 3.8) is 0 Å². The number of fused-ring (bicyclic) bond motifs is 8. The van der Waals surface area contributed by atoms with E-state index in [1.807, 2.05) is 18.7 Å². The first-order valence-corrected chi connectivity index (χ1v) is 20.0. The van der Waals surface area contributed by atoms with Gasteiger partial charge in [-0.2, -0.15) is 0 Å². The first-order valence-electron chi connectivity index (χ1n) is 19.6. The van der Waals surface area contributed by atoms with Crippen LogP contribution in [0.25, 0.3) is 11.3 Å². The van der Waals surface area contributed by atoms with E-state index in [4.69, 9.17) is 16.6 Å². The number of aryl methyl sites for hydroxylation is 2. The number of anilines is 6. The first kappa shape index (κ1) is 41.7. The summed E-state index contributed by atoms with van der Waals surface area (Å²) in [7, 11) is 0.648. The molecular formula is C42H39BClF2N12O4. The van der Waals surface area contributed by atoms with Crippen LogP contribution >= 0.6 is 11.6 Å². The number of nitrogens with zero attached hydrogens (tertiary/aromatic N) is 10. The Labute approximate surface area is 360 Å². The van der Waals surface area contributed by atoms with Crippen LogP contribution in [0.4, 0.5) is 52.8 Å². The quantitative estimate of drug-likeness (QED) is 0.122. The van der Waals surface area contributed by atoms with Crippen LogP contribution in [-0.2, 0) is 0 Å². The lowest BCUT2D eigenvalue weighted by Gasteiger charge is -2.36. The van der Waals surface area contributed by atoms with Crippen LogP contribution in [0, 0.1) is 25.5 Å². The number of carbonyl (C=O) groups excluding carboxylic acids is 2. The Bertz CT molecular complexity index is 2590. The molecule has 3 N–H and O–H groups in total. The van der Waals surface area contributed by atoms with Gasteiger partial charge in [0.25, 0.3) is 0 Å². The molecule has 10 heterocycles. The summed E-state index contributed by atoms with van der Waals surface area (Å²) in [6.45, 7) is 6.56. The summed E-state index contributed by atoms with van der Waals surface area (Å²) in [5.74, 6) is 0.475. The van der Waals surface area contributed by atoms with Gasteiger partial charge in [-0.1, -0.05) is 11.6 Å². The third-order valence-electron chi connectivity index (χ3n) is 10.5. The lowest BCUT2D eigenvalue weighted by Crippen LogP contribution is -2.48. The zero-order valence-electron chi connectivity index (χ0n) is 33.5. The molecule has 0 aliphatic carbocycles. The molecule has 1 radical (unpaired) electrons. The number of rotatable bonds is 5. The standard InChI is InChI=1S/C21H19FN6O.C15H13ClFN5O.C6H7BNO2/c1-13-9-14(4-7-24-13)19-17(22)10-18-20(26-19)28(16-5-8-27(18)12-16)21(29)25-15-3-2-6-23-11-15;16-13-11(17)6-12-14(20-13)22(10-3-5-21(12)8-10)15(23)19-9-2-1-4-18-7-9;1-5-4-6(10-7-9)2-3-8-5/h2-4,6-7,9-11,16H,5,8,12H2,1H3,(H,25,29);1-2,4,6-7,10H,3,5,8H2,(H,19,23);2-4,9H,1H3/t16-;10-;/m00./s1. The van der Waals surface area contributed by atoms with Gasteiger partial charge in [0.05, 0.1) is 47.2 Å². The summed E-state index contributed by atoms with van der Waals surface area (Å²) in [6, 6.07) is 16.1. The fourth-order valence-corrected chi connectivity index (χ4v) is 7.87. The Morgan fingerprint density at radius 1 is 0.758 bits per heavy atom. The van der Waals surface area contributed by atoms with Crippen molar-refractivity contribution in [3.05, 3.63) is 126 Å². The van der Waals surface area contributed by atoms with Crippen molar-refractivity contribution < 1.29 is 28.0 Å². The summed E-state index contributed by atoms with van der Waals surface area (Å²) in [5, 5.41) is 13.7. The number of halogens is 3. The molecule has 0 saturated carbocycles. The normalized spacial score (nSPS) is 16.5. The SMILES string of the molecule is Cc1cc(-c2nc3c(cc2F)N2CC[C@@H](C2)N3C(=O)Nc2cccnc2)ccn1.Cc1cc(O[B]O)ccn1.O=C(Nc1cccnc1)N1c2nc(Cl)c(F)cc2N2CC[C@H]1C2. The molecule has 4 aliphatic rings. The van der Waals surface area contributed by atoms with Crippen molar-refractivity contribution in [2.75, 3.05) is 56.4 Å². The summed E-state index contributed by atoms with van der Waals surface area (Å²) in [6.07, 6.45) is 11.3. The lowest BCUT2D eigenvalue weighted by atomic mass is 10.1. The van der Waals surface area contributed by atoms with Crippen LogP contribution in [-0.4, -0.2) is 92.9 Å². The van der Waals surface area contributed by atoms with Gasteiger partial charge < -0.3 is 30.1 Å². The average molecular weight is 860 g/mol. The van der Waals surface area contributed by atoms with Gasteiger partial charge >= 0.3 is 19.7 Å². The molecule has 4 amide bonds. The highest BCUT2D eigenvalue weighted by molar-refractivity contribution is 6.30. The molecule has 0 aromatic carbocycles. The second-order valence-corrected chi connectivity index (χ2v) is 15.0. The van der Waals surface area contributed by atoms with Crippen molar-refractivity contribution in [1.29, 1.82) is 0 Å². The van der Waals surface area contributed by atoms with Crippen molar-refractivity contribution in [2.45, 2.75) is 38.8 Å². The van der Waals surface area contributed by atoms with E-state index in [9.17, 15) is 18.4 Å². The molecule has 0 unspecified atom stereocenters. The molecular weight excluding hydrogens is 821 g/mol. The number of hydrogen-bond donors (Lipinski definition) is 3. The van der Waals surface area contributed by atoms with Crippen LogP contribution in [0.15, 0.2) is 97.8 Å². The number of pyridine rings is 6. The maximum Gasteiger partial charge on any atom is 0.569 e. The van der Waals surface area contributed by atoms with Gasteiger partial charge in [-0.05, 0) is 75.2 Å². The molecule has 2 fully saturated rings. The van der Waals surface area contributed by atoms with Gasteiger partial charge in [-0.25, -0.2) is 28.3 Å². The number of aromatic nitrogens is 6. The van der Waals surface area contributed by atoms with E-state index in [0.29, 0.717) is 66.5 Å². The molecule has 6 aromatic heterocycles. The topological polar surface area (TPSA) is 178 Å². The molecule has 2 saturated heterocycles. The Morgan fingerprint density at radius 3 is 1.84 bits per heavy atom. The first-order chi connectivity index (χ1) is 30.1. The highest BCUT2D eigenvalue weighted by Gasteiger charge is 2.42. The molecule has 0 spiro atoms. The van der Waals surface area contributed by atoms with Gasteiger partial charge in [0.15, 0.2) is 28.4 Å². The van der Waals surface area contributed by atoms with E-state index in [2.05, 4.69) is 50.1 Å². The van der Waals surface area contributed by atoms with E-state index in [-0.39, 0.29) is 35.0 Å². The summed E-state index contributed by atoms with van der Waals surface area (Å²) in [5.41, 5.74) is 4.93. The van der Waals surface area contributed by atoms with Crippen molar-refractivity contribution in [3.8, 4) is 17.0 Å². The molecule has 4 aliphatic heterocycles. The molecule has 4 bridgehead atoms. The highest BCUT2D eigenvalue weighted by Crippen LogP contribution is 2.42. The lowest BCUT2D eigenvalue weighted by molar-refractivity contribution is 0.254. The van der Waals surface area contributed by atoms with Crippen LogP contribution in [0.2, 0.25) is 5.15 Å². The Hall–Kier alpha value is -6.99. The van der Waals surface area contributed by atoms with Crippen LogP contribution < -0.4 is 34.9 Å². The Kier molecular flexibility index (Phi) is 12.3. The molecule has 6 aromatic rings.